The van der Waals surface area contributed by atoms with Crippen LogP contribution in [0, 0.1) is 11.3 Å². The monoisotopic (exact) mass is 232 g/mol. The van der Waals surface area contributed by atoms with Crippen molar-refractivity contribution in [2.45, 2.75) is 32.7 Å². The Bertz CT molecular complexity index is 343. The summed E-state index contributed by atoms with van der Waals surface area (Å²) in [6.45, 7) is 3.70. The maximum atomic E-state index is 11.3. The number of nitriles is 1. The fraction of sp³-hybridized carbons (Fsp3) is 0.778. The van der Waals surface area contributed by atoms with Crippen LogP contribution < -0.4 is 5.32 Å². The molecule has 0 aromatic carbocycles. The van der Waals surface area contributed by atoms with Crippen molar-refractivity contribution in [3.05, 3.63) is 0 Å². The fourth-order valence-electron chi connectivity index (χ4n) is 0.892. The third-order valence-corrected chi connectivity index (χ3v) is 3.42. The van der Waals surface area contributed by atoms with Crippen LogP contribution in [0.3, 0.4) is 0 Å². The van der Waals surface area contributed by atoms with Gasteiger partial charge in [0.1, 0.15) is 5.75 Å². The van der Waals surface area contributed by atoms with Gasteiger partial charge in [-0.25, -0.2) is 8.42 Å². The average Bonchev–Trinajstić information content (AvgIpc) is 2.13. The number of sulfone groups is 1. The Labute approximate surface area is 90.4 Å². The second kappa shape index (κ2) is 6.40. The Morgan fingerprint density at radius 1 is 1.53 bits per heavy atom. The van der Waals surface area contributed by atoms with E-state index in [0.717, 1.165) is 6.42 Å². The summed E-state index contributed by atoms with van der Waals surface area (Å²) in [6.07, 6.45) is 0.683. The normalized spacial score (nSPS) is 12.9. The van der Waals surface area contributed by atoms with Crippen LogP contribution in [0.15, 0.2) is 0 Å². The van der Waals surface area contributed by atoms with E-state index in [1.807, 2.05) is 6.92 Å². The quantitative estimate of drug-likeness (QED) is 0.710. The highest BCUT2D eigenvalue weighted by molar-refractivity contribution is 7.92. The molecule has 0 fully saturated rings. The summed E-state index contributed by atoms with van der Waals surface area (Å²) >= 11 is 0. The van der Waals surface area contributed by atoms with Crippen molar-refractivity contribution in [3.63, 3.8) is 0 Å². The Morgan fingerprint density at radius 3 is 2.60 bits per heavy atom. The number of amides is 1. The maximum absolute atomic E-state index is 11.3. The van der Waals surface area contributed by atoms with Crippen molar-refractivity contribution < 1.29 is 13.2 Å². The molecular formula is C9H16N2O3S. The Kier molecular flexibility index (Phi) is 5.94. The minimum atomic E-state index is -3.43. The minimum absolute atomic E-state index is 0.0244. The molecule has 0 aliphatic rings. The molecule has 0 aliphatic heterocycles. The van der Waals surface area contributed by atoms with E-state index < -0.39 is 21.5 Å². The molecule has 1 N–H and O–H groups in total. The van der Waals surface area contributed by atoms with Crippen LogP contribution >= 0.6 is 0 Å². The van der Waals surface area contributed by atoms with Crippen molar-refractivity contribution in [1.82, 2.24) is 5.32 Å². The molecule has 0 aliphatic carbocycles. The molecule has 1 atom stereocenters. The lowest BCUT2D eigenvalue weighted by Gasteiger charge is -2.10. The summed E-state index contributed by atoms with van der Waals surface area (Å²) in [5, 5.41) is 10.8. The van der Waals surface area contributed by atoms with Gasteiger partial charge in [-0.2, -0.15) is 5.26 Å². The van der Waals surface area contributed by atoms with Gasteiger partial charge in [-0.05, 0) is 13.3 Å². The number of rotatable bonds is 6. The van der Waals surface area contributed by atoms with Crippen LogP contribution in [0.1, 0.15) is 26.7 Å². The zero-order valence-electron chi connectivity index (χ0n) is 8.99. The van der Waals surface area contributed by atoms with Gasteiger partial charge in [0.05, 0.1) is 11.8 Å². The molecule has 0 heterocycles. The van der Waals surface area contributed by atoms with E-state index in [2.05, 4.69) is 5.32 Å². The van der Waals surface area contributed by atoms with E-state index in [1.165, 1.54) is 0 Å². The van der Waals surface area contributed by atoms with Gasteiger partial charge >= 0.3 is 0 Å². The molecule has 86 valence electrons. The first-order valence-electron chi connectivity index (χ1n) is 4.78. The highest BCUT2D eigenvalue weighted by Crippen LogP contribution is 1.95. The van der Waals surface area contributed by atoms with E-state index in [4.69, 9.17) is 5.26 Å². The summed E-state index contributed by atoms with van der Waals surface area (Å²) in [6, 6.07) is 1.71. The van der Waals surface area contributed by atoms with Crippen molar-refractivity contribution in [2.75, 3.05) is 11.5 Å². The summed E-state index contributed by atoms with van der Waals surface area (Å²) < 4.78 is 22.5. The number of carbonyl (C=O) groups excluding carboxylic acids is 1. The molecule has 1 amide bonds. The molecule has 1 unspecified atom stereocenters. The van der Waals surface area contributed by atoms with Gasteiger partial charge in [0.25, 0.3) is 0 Å². The molecule has 6 heteroatoms. The first-order chi connectivity index (χ1) is 6.91. The van der Waals surface area contributed by atoms with Gasteiger partial charge in [0.2, 0.25) is 5.91 Å². The molecule has 0 rings (SSSR count). The molecule has 0 spiro atoms. The number of hydrogen-bond donors (Lipinski definition) is 1. The summed E-state index contributed by atoms with van der Waals surface area (Å²) in [7, 11) is -3.43. The zero-order chi connectivity index (χ0) is 11.9. The summed E-state index contributed by atoms with van der Waals surface area (Å²) in [5.74, 6) is -1.28. The maximum Gasteiger partial charge on any atom is 0.235 e. The lowest BCUT2D eigenvalue weighted by Crippen LogP contribution is -2.36. The molecular weight excluding hydrogens is 216 g/mol. The molecule has 0 aromatic rings. The first-order valence-corrected chi connectivity index (χ1v) is 6.60. The number of nitrogens with zero attached hydrogens (tertiary/aromatic N) is 1. The van der Waals surface area contributed by atoms with Crippen LogP contribution in [0.4, 0.5) is 0 Å². The van der Waals surface area contributed by atoms with Crippen LogP contribution in [0.25, 0.3) is 0 Å². The predicted molar refractivity (Wildman–Crippen MR) is 56.8 cm³/mol. The number of nitrogens with one attached hydrogen (secondary N) is 1. The smallest absolute Gasteiger partial charge is 0.235 e. The topological polar surface area (TPSA) is 87.0 Å². The van der Waals surface area contributed by atoms with Gasteiger partial charge in [0, 0.05) is 12.5 Å². The fourth-order valence-corrected chi connectivity index (χ4v) is 1.92. The summed E-state index contributed by atoms with van der Waals surface area (Å²) in [5.41, 5.74) is 0. The molecule has 0 aromatic heterocycles. The Morgan fingerprint density at radius 2 is 2.13 bits per heavy atom. The van der Waals surface area contributed by atoms with Gasteiger partial charge in [0.15, 0.2) is 9.84 Å². The van der Waals surface area contributed by atoms with Crippen molar-refractivity contribution >= 4 is 15.7 Å². The summed E-state index contributed by atoms with van der Waals surface area (Å²) in [4.78, 5) is 11.2. The highest BCUT2D eigenvalue weighted by Gasteiger charge is 2.16. The minimum Gasteiger partial charge on any atom is -0.353 e. The SMILES string of the molecule is CCC(C)NC(=O)CS(=O)(=O)CCC#N. The lowest BCUT2D eigenvalue weighted by molar-refractivity contribution is -0.119. The van der Waals surface area contributed by atoms with Gasteiger partial charge in [-0.1, -0.05) is 6.92 Å². The lowest BCUT2D eigenvalue weighted by atomic mass is 10.3. The van der Waals surface area contributed by atoms with Crippen LogP contribution in [0.5, 0.6) is 0 Å². The van der Waals surface area contributed by atoms with Crippen LogP contribution in [0.2, 0.25) is 0 Å². The highest BCUT2D eigenvalue weighted by atomic mass is 32.2. The third-order valence-electron chi connectivity index (χ3n) is 1.90. The predicted octanol–water partition coefficient (Wildman–Crippen LogP) is 0.230. The molecule has 0 radical (unpaired) electrons. The van der Waals surface area contributed by atoms with E-state index >= 15 is 0 Å². The van der Waals surface area contributed by atoms with E-state index in [9.17, 15) is 13.2 Å². The van der Waals surface area contributed by atoms with E-state index in [0.29, 0.717) is 0 Å². The molecule has 15 heavy (non-hydrogen) atoms. The first kappa shape index (κ1) is 13.9. The number of hydrogen-bond acceptors (Lipinski definition) is 4. The standard InChI is InChI=1S/C9H16N2O3S/c1-3-8(2)11-9(12)7-15(13,14)6-4-5-10/h8H,3-4,6-7H2,1-2H3,(H,11,12). The van der Waals surface area contributed by atoms with Crippen molar-refractivity contribution in [1.29, 1.82) is 5.26 Å². The zero-order valence-corrected chi connectivity index (χ0v) is 9.80. The van der Waals surface area contributed by atoms with E-state index in [1.54, 1.807) is 13.0 Å². The largest absolute Gasteiger partial charge is 0.353 e. The van der Waals surface area contributed by atoms with Crippen LogP contribution in [-0.2, 0) is 14.6 Å². The van der Waals surface area contributed by atoms with E-state index in [-0.39, 0.29) is 18.2 Å². The molecule has 0 saturated carbocycles. The van der Waals surface area contributed by atoms with Gasteiger partial charge < -0.3 is 5.32 Å². The Balaban J connectivity index is 4.12. The third kappa shape index (κ3) is 6.91. The molecule has 5 nitrogen and oxygen atoms in total. The molecule has 0 bridgehead atoms. The second-order valence-electron chi connectivity index (χ2n) is 3.38. The number of carbonyl (C=O) groups is 1. The Hall–Kier alpha value is -1.09. The van der Waals surface area contributed by atoms with Gasteiger partial charge in [-0.15, -0.1) is 0 Å². The van der Waals surface area contributed by atoms with Crippen LogP contribution in [-0.4, -0.2) is 31.9 Å². The second-order valence-corrected chi connectivity index (χ2v) is 5.56. The van der Waals surface area contributed by atoms with Crippen molar-refractivity contribution in [3.8, 4) is 6.07 Å². The average molecular weight is 232 g/mol. The molecule has 0 saturated heterocycles. The van der Waals surface area contributed by atoms with Crippen molar-refractivity contribution in [2.24, 2.45) is 0 Å². The van der Waals surface area contributed by atoms with Gasteiger partial charge in [-0.3, -0.25) is 4.79 Å².